The molecule has 0 aliphatic carbocycles. The number of nitrogens with one attached hydrogen (secondary N) is 1. The van der Waals surface area contributed by atoms with Gasteiger partial charge in [-0.25, -0.2) is 9.97 Å². The molecule has 0 bridgehead atoms. The topological polar surface area (TPSA) is 70.3 Å². The standard InChI is InChI=1S/C23H21N5/c1-14-5-6-20-21(9-14)27-23(26-20)19(13-24)12-18-11-16(3)28(17(18)4)22-10-15(2)7-8-25-22/h5-12H,1-4H3,(H,26,27). The van der Waals surface area contributed by atoms with Crippen LogP contribution in [0.5, 0.6) is 0 Å². The van der Waals surface area contributed by atoms with Crippen LogP contribution in [0, 0.1) is 39.0 Å². The highest BCUT2D eigenvalue weighted by Gasteiger charge is 2.13. The van der Waals surface area contributed by atoms with Gasteiger partial charge in [-0.2, -0.15) is 5.26 Å². The number of benzene rings is 1. The number of aromatic nitrogens is 4. The van der Waals surface area contributed by atoms with E-state index in [4.69, 9.17) is 0 Å². The molecule has 3 heterocycles. The van der Waals surface area contributed by atoms with Gasteiger partial charge in [0, 0.05) is 17.6 Å². The summed E-state index contributed by atoms with van der Waals surface area (Å²) in [4.78, 5) is 12.3. The van der Waals surface area contributed by atoms with E-state index < -0.39 is 0 Å². The van der Waals surface area contributed by atoms with Crippen molar-refractivity contribution in [2.24, 2.45) is 0 Å². The lowest BCUT2D eigenvalue weighted by molar-refractivity contribution is 0.918. The Kier molecular flexibility index (Phi) is 4.32. The number of aryl methyl sites for hydroxylation is 3. The van der Waals surface area contributed by atoms with Crippen molar-refractivity contribution < 1.29 is 0 Å². The van der Waals surface area contributed by atoms with Crippen molar-refractivity contribution in [2.45, 2.75) is 27.7 Å². The minimum Gasteiger partial charge on any atom is -0.337 e. The third-order valence-electron chi connectivity index (χ3n) is 4.91. The van der Waals surface area contributed by atoms with Crippen molar-refractivity contribution in [1.29, 1.82) is 5.26 Å². The van der Waals surface area contributed by atoms with E-state index in [0.29, 0.717) is 11.4 Å². The summed E-state index contributed by atoms with van der Waals surface area (Å²) in [6.07, 6.45) is 3.70. The summed E-state index contributed by atoms with van der Waals surface area (Å²) in [6, 6.07) is 14.4. The fourth-order valence-electron chi connectivity index (χ4n) is 3.49. The van der Waals surface area contributed by atoms with Crippen LogP contribution >= 0.6 is 0 Å². The van der Waals surface area contributed by atoms with Crippen LogP contribution < -0.4 is 0 Å². The van der Waals surface area contributed by atoms with Crippen LogP contribution in [0.4, 0.5) is 0 Å². The van der Waals surface area contributed by atoms with Gasteiger partial charge in [-0.05, 0) is 80.8 Å². The van der Waals surface area contributed by atoms with Crippen LogP contribution in [-0.2, 0) is 0 Å². The first-order valence-corrected chi connectivity index (χ1v) is 9.17. The van der Waals surface area contributed by atoms with Crippen LogP contribution in [0.3, 0.4) is 0 Å². The first kappa shape index (κ1) is 17.7. The molecular formula is C23H21N5. The average Bonchev–Trinajstić information content (AvgIpc) is 3.19. The number of nitrogens with zero attached hydrogens (tertiary/aromatic N) is 4. The largest absolute Gasteiger partial charge is 0.337 e. The summed E-state index contributed by atoms with van der Waals surface area (Å²) in [5.41, 5.74) is 7.70. The second-order valence-electron chi connectivity index (χ2n) is 7.13. The quantitative estimate of drug-likeness (QED) is 0.515. The van der Waals surface area contributed by atoms with Crippen LogP contribution in [0.15, 0.2) is 42.6 Å². The highest BCUT2D eigenvalue weighted by molar-refractivity contribution is 5.90. The summed E-state index contributed by atoms with van der Waals surface area (Å²) in [7, 11) is 0. The van der Waals surface area contributed by atoms with Gasteiger partial charge in [0.2, 0.25) is 0 Å². The number of nitriles is 1. The van der Waals surface area contributed by atoms with Gasteiger partial charge >= 0.3 is 0 Å². The molecule has 0 spiro atoms. The van der Waals surface area contributed by atoms with Gasteiger partial charge < -0.3 is 9.55 Å². The molecule has 28 heavy (non-hydrogen) atoms. The molecule has 0 fully saturated rings. The third-order valence-corrected chi connectivity index (χ3v) is 4.91. The van der Waals surface area contributed by atoms with E-state index >= 15 is 0 Å². The van der Waals surface area contributed by atoms with Gasteiger partial charge in [0.1, 0.15) is 17.7 Å². The number of fused-ring (bicyclic) bond motifs is 1. The van der Waals surface area contributed by atoms with Crippen molar-refractivity contribution in [1.82, 2.24) is 19.5 Å². The van der Waals surface area contributed by atoms with E-state index in [9.17, 15) is 5.26 Å². The molecule has 1 aromatic carbocycles. The van der Waals surface area contributed by atoms with Gasteiger partial charge in [0.25, 0.3) is 0 Å². The first-order chi connectivity index (χ1) is 13.5. The minimum atomic E-state index is 0.506. The van der Waals surface area contributed by atoms with Crippen LogP contribution in [0.1, 0.15) is 33.9 Å². The molecule has 0 atom stereocenters. The maximum Gasteiger partial charge on any atom is 0.149 e. The van der Waals surface area contributed by atoms with Gasteiger partial charge in [-0.3, -0.25) is 0 Å². The van der Waals surface area contributed by atoms with E-state index in [-0.39, 0.29) is 0 Å². The molecule has 3 aromatic heterocycles. The van der Waals surface area contributed by atoms with Crippen molar-refractivity contribution in [2.75, 3.05) is 0 Å². The molecule has 0 amide bonds. The van der Waals surface area contributed by atoms with Gasteiger partial charge in [-0.15, -0.1) is 0 Å². The van der Waals surface area contributed by atoms with Crippen LogP contribution in [-0.4, -0.2) is 19.5 Å². The number of pyridine rings is 1. The number of H-pyrrole nitrogens is 1. The van der Waals surface area contributed by atoms with Crippen molar-refractivity contribution in [3.8, 4) is 11.9 Å². The number of hydrogen-bond acceptors (Lipinski definition) is 3. The Morgan fingerprint density at radius 2 is 1.86 bits per heavy atom. The van der Waals surface area contributed by atoms with E-state index in [2.05, 4.69) is 44.6 Å². The molecule has 4 rings (SSSR count). The predicted octanol–water partition coefficient (Wildman–Crippen LogP) is 5.05. The number of allylic oxidation sites excluding steroid dienone is 1. The second-order valence-corrected chi connectivity index (χ2v) is 7.13. The SMILES string of the molecule is Cc1ccnc(-n2c(C)cc(C=C(C#N)c3nc4ccc(C)cc4[nH]3)c2C)c1. The Balaban J connectivity index is 1.80. The molecule has 0 aliphatic heterocycles. The Morgan fingerprint density at radius 1 is 1.07 bits per heavy atom. The summed E-state index contributed by atoms with van der Waals surface area (Å²) >= 11 is 0. The molecule has 0 unspecified atom stereocenters. The molecule has 5 heteroatoms. The molecule has 0 aliphatic rings. The van der Waals surface area contributed by atoms with E-state index in [1.807, 2.05) is 57.3 Å². The monoisotopic (exact) mass is 367 g/mol. The van der Waals surface area contributed by atoms with Crippen molar-refractivity contribution in [3.05, 3.63) is 76.5 Å². The van der Waals surface area contributed by atoms with Crippen molar-refractivity contribution in [3.63, 3.8) is 0 Å². The summed E-state index contributed by atoms with van der Waals surface area (Å²) in [5.74, 6) is 1.47. The number of hydrogen-bond donors (Lipinski definition) is 1. The maximum atomic E-state index is 9.74. The predicted molar refractivity (Wildman–Crippen MR) is 112 cm³/mol. The normalized spacial score (nSPS) is 11.8. The van der Waals surface area contributed by atoms with E-state index in [0.717, 1.165) is 44.9 Å². The summed E-state index contributed by atoms with van der Waals surface area (Å²) < 4.78 is 2.11. The highest BCUT2D eigenvalue weighted by atomic mass is 15.1. The summed E-state index contributed by atoms with van der Waals surface area (Å²) in [5, 5.41) is 9.74. The fraction of sp³-hybridized carbons (Fsp3) is 0.174. The molecule has 4 aromatic rings. The van der Waals surface area contributed by atoms with Gasteiger partial charge in [0.15, 0.2) is 0 Å². The van der Waals surface area contributed by atoms with E-state index in [1.165, 1.54) is 0 Å². The molecule has 0 saturated heterocycles. The Labute approximate surface area is 164 Å². The molecule has 1 N–H and O–H groups in total. The lowest BCUT2D eigenvalue weighted by Gasteiger charge is -2.09. The second kappa shape index (κ2) is 6.82. The molecule has 0 radical (unpaired) electrons. The Hall–Kier alpha value is -3.65. The molecular weight excluding hydrogens is 346 g/mol. The van der Waals surface area contributed by atoms with Crippen LogP contribution in [0.2, 0.25) is 0 Å². The van der Waals surface area contributed by atoms with Gasteiger partial charge in [0.05, 0.1) is 16.6 Å². The smallest absolute Gasteiger partial charge is 0.149 e. The molecule has 5 nitrogen and oxygen atoms in total. The molecule has 138 valence electrons. The van der Waals surface area contributed by atoms with Crippen LogP contribution in [0.25, 0.3) is 28.5 Å². The average molecular weight is 367 g/mol. The summed E-state index contributed by atoms with van der Waals surface area (Å²) in [6.45, 7) is 8.18. The third kappa shape index (κ3) is 3.10. The van der Waals surface area contributed by atoms with Crippen molar-refractivity contribution >= 4 is 22.7 Å². The zero-order valence-corrected chi connectivity index (χ0v) is 16.4. The Bertz CT molecular complexity index is 1260. The lowest BCUT2D eigenvalue weighted by atomic mass is 10.1. The number of rotatable bonds is 3. The maximum absolute atomic E-state index is 9.74. The minimum absolute atomic E-state index is 0.506. The fourth-order valence-corrected chi connectivity index (χ4v) is 3.49. The zero-order chi connectivity index (χ0) is 19.8. The molecule has 0 saturated carbocycles. The number of imidazole rings is 1. The Morgan fingerprint density at radius 3 is 2.61 bits per heavy atom. The van der Waals surface area contributed by atoms with E-state index in [1.54, 1.807) is 0 Å². The first-order valence-electron chi connectivity index (χ1n) is 9.17. The number of aromatic amines is 1. The lowest BCUT2D eigenvalue weighted by Crippen LogP contribution is -2.02. The highest BCUT2D eigenvalue weighted by Crippen LogP contribution is 2.25. The zero-order valence-electron chi connectivity index (χ0n) is 16.4. The van der Waals surface area contributed by atoms with Gasteiger partial charge in [-0.1, -0.05) is 6.07 Å².